The average molecular weight is 417 g/mol. The van der Waals surface area contributed by atoms with Gasteiger partial charge in [0.2, 0.25) is 0 Å². The third-order valence-electron chi connectivity index (χ3n) is 3.99. The minimum atomic E-state index is -0.423. The lowest BCUT2D eigenvalue weighted by atomic mass is 10.1. The number of carbonyl (C=O) groups excluding carboxylic acids is 1. The maximum Gasteiger partial charge on any atom is 0.195 e. The van der Waals surface area contributed by atoms with Crippen LogP contribution in [0.3, 0.4) is 0 Å². The van der Waals surface area contributed by atoms with Crippen molar-refractivity contribution in [2.75, 3.05) is 7.11 Å². The highest BCUT2D eigenvalue weighted by atomic mass is 35.5. The summed E-state index contributed by atoms with van der Waals surface area (Å²) < 4.78 is 24.2. The molecule has 0 bridgehead atoms. The summed E-state index contributed by atoms with van der Waals surface area (Å²) in [5, 5.41) is 0.201. The van der Waals surface area contributed by atoms with Crippen molar-refractivity contribution in [2.45, 2.75) is 13.5 Å². The third kappa shape index (κ3) is 5.00. The number of methoxy groups -OCH3 is 1. The fraction of sp³-hybridized carbons (Fsp3) is 0.136. The van der Waals surface area contributed by atoms with E-state index in [0.29, 0.717) is 16.4 Å². The minimum absolute atomic E-state index is 0.0372. The number of ketones is 1. The van der Waals surface area contributed by atoms with Crippen LogP contribution in [0.25, 0.3) is 6.08 Å². The van der Waals surface area contributed by atoms with Crippen molar-refractivity contribution in [1.29, 1.82) is 0 Å². The molecule has 0 amide bonds. The van der Waals surface area contributed by atoms with E-state index < -0.39 is 5.82 Å². The van der Waals surface area contributed by atoms with Crippen molar-refractivity contribution < 1.29 is 18.7 Å². The summed E-state index contributed by atoms with van der Waals surface area (Å²) >= 11 is 7.47. The summed E-state index contributed by atoms with van der Waals surface area (Å²) in [7, 11) is 1.57. The van der Waals surface area contributed by atoms with Gasteiger partial charge < -0.3 is 9.47 Å². The van der Waals surface area contributed by atoms with Gasteiger partial charge in [-0.2, -0.15) is 0 Å². The van der Waals surface area contributed by atoms with Crippen LogP contribution >= 0.6 is 22.9 Å². The molecule has 0 aliphatic heterocycles. The molecule has 0 saturated carbocycles. The molecule has 3 nitrogen and oxygen atoms in total. The van der Waals surface area contributed by atoms with Gasteiger partial charge in [0.1, 0.15) is 23.9 Å². The Bertz CT molecular complexity index is 1030. The number of benzene rings is 2. The highest BCUT2D eigenvalue weighted by molar-refractivity contribution is 7.14. The molecule has 144 valence electrons. The molecule has 1 aromatic heterocycles. The molecular weight excluding hydrogens is 399 g/mol. The number of aryl methyl sites for hydroxylation is 1. The Hall–Kier alpha value is -2.63. The first-order valence-corrected chi connectivity index (χ1v) is 9.69. The van der Waals surface area contributed by atoms with Gasteiger partial charge in [0, 0.05) is 10.4 Å². The maximum atomic E-state index is 13.2. The summed E-state index contributed by atoms with van der Waals surface area (Å²) in [4.78, 5) is 14.0. The zero-order valence-corrected chi connectivity index (χ0v) is 16.9. The van der Waals surface area contributed by atoms with E-state index in [4.69, 9.17) is 21.1 Å². The van der Waals surface area contributed by atoms with Crippen LogP contribution in [0.15, 0.2) is 54.6 Å². The average Bonchev–Trinajstić information content (AvgIpc) is 3.12. The molecule has 2 aromatic carbocycles. The maximum absolute atomic E-state index is 13.2. The number of rotatable bonds is 7. The summed E-state index contributed by atoms with van der Waals surface area (Å²) in [6.07, 6.45) is 3.31. The van der Waals surface area contributed by atoms with Crippen LogP contribution in [-0.4, -0.2) is 12.9 Å². The van der Waals surface area contributed by atoms with E-state index in [1.54, 1.807) is 19.3 Å². The summed E-state index contributed by atoms with van der Waals surface area (Å²) in [5.41, 5.74) is 1.62. The predicted molar refractivity (Wildman–Crippen MR) is 111 cm³/mol. The van der Waals surface area contributed by atoms with Crippen molar-refractivity contribution in [3.8, 4) is 11.5 Å². The zero-order valence-electron chi connectivity index (χ0n) is 15.4. The van der Waals surface area contributed by atoms with Crippen LogP contribution in [-0.2, 0) is 6.61 Å². The second kappa shape index (κ2) is 9.04. The Balaban J connectivity index is 1.75. The Morgan fingerprint density at radius 3 is 2.61 bits per heavy atom. The van der Waals surface area contributed by atoms with Gasteiger partial charge in [-0.3, -0.25) is 4.79 Å². The van der Waals surface area contributed by atoms with E-state index in [1.807, 2.05) is 37.3 Å². The van der Waals surface area contributed by atoms with Gasteiger partial charge in [0.05, 0.1) is 17.0 Å². The van der Waals surface area contributed by atoms with Crippen LogP contribution in [0, 0.1) is 12.7 Å². The molecule has 0 aliphatic rings. The topological polar surface area (TPSA) is 35.5 Å². The molecule has 3 aromatic rings. The van der Waals surface area contributed by atoms with E-state index in [9.17, 15) is 9.18 Å². The Kier molecular flexibility index (Phi) is 6.49. The molecule has 0 unspecified atom stereocenters. The van der Waals surface area contributed by atoms with Crippen molar-refractivity contribution in [2.24, 2.45) is 0 Å². The molecule has 0 radical (unpaired) electrons. The summed E-state index contributed by atoms with van der Waals surface area (Å²) in [6, 6.07) is 13.3. The van der Waals surface area contributed by atoms with Gasteiger partial charge in [-0.1, -0.05) is 23.7 Å². The summed E-state index contributed by atoms with van der Waals surface area (Å²) in [5.74, 6) is 0.572. The number of ether oxygens (including phenoxy) is 2. The molecule has 0 N–H and O–H groups in total. The molecule has 0 fully saturated rings. The normalized spacial score (nSPS) is 11.0. The highest BCUT2D eigenvalue weighted by Crippen LogP contribution is 2.28. The number of hydrogen-bond donors (Lipinski definition) is 0. The fourth-order valence-electron chi connectivity index (χ4n) is 2.58. The number of hydrogen-bond acceptors (Lipinski definition) is 4. The molecule has 3 rings (SSSR count). The van der Waals surface area contributed by atoms with E-state index in [-0.39, 0.29) is 17.4 Å². The SMILES string of the molecule is COc1ccc(/C=C/C(=O)c2ccc(C)s2)cc1COc1ccc(F)cc1Cl. The lowest BCUT2D eigenvalue weighted by Gasteiger charge is -2.12. The molecule has 0 spiro atoms. The molecule has 28 heavy (non-hydrogen) atoms. The van der Waals surface area contributed by atoms with Gasteiger partial charge >= 0.3 is 0 Å². The quantitative estimate of drug-likeness (QED) is 0.333. The van der Waals surface area contributed by atoms with Gasteiger partial charge in [-0.15, -0.1) is 11.3 Å². The van der Waals surface area contributed by atoms with Crippen molar-refractivity contribution in [1.82, 2.24) is 0 Å². The monoisotopic (exact) mass is 416 g/mol. The standard InChI is InChI=1S/C22H18ClFO3S/c1-14-3-10-22(28-14)19(25)7-4-15-5-8-20(26-2)16(11-15)13-27-21-9-6-17(24)12-18(21)23/h3-12H,13H2,1-2H3/b7-4+. The van der Waals surface area contributed by atoms with E-state index >= 15 is 0 Å². The molecule has 0 atom stereocenters. The van der Waals surface area contributed by atoms with Gasteiger partial charge in [0.25, 0.3) is 0 Å². The highest BCUT2D eigenvalue weighted by Gasteiger charge is 2.09. The first-order chi connectivity index (χ1) is 13.5. The Labute approximate surface area is 172 Å². The number of thiophene rings is 1. The van der Waals surface area contributed by atoms with Crippen LogP contribution in [0.2, 0.25) is 5.02 Å². The minimum Gasteiger partial charge on any atom is -0.496 e. The van der Waals surface area contributed by atoms with Gasteiger partial charge in [-0.05, 0) is 61.0 Å². The largest absolute Gasteiger partial charge is 0.496 e. The summed E-state index contributed by atoms with van der Waals surface area (Å²) in [6.45, 7) is 2.16. The second-order valence-corrected chi connectivity index (χ2v) is 7.74. The van der Waals surface area contributed by atoms with Crippen LogP contribution < -0.4 is 9.47 Å². The van der Waals surface area contributed by atoms with E-state index in [2.05, 4.69) is 0 Å². The number of halogens is 2. The first-order valence-electron chi connectivity index (χ1n) is 8.50. The van der Waals surface area contributed by atoms with E-state index in [0.717, 1.165) is 16.0 Å². The fourth-order valence-corrected chi connectivity index (χ4v) is 3.59. The Morgan fingerprint density at radius 1 is 1.14 bits per heavy atom. The molecule has 6 heteroatoms. The van der Waals surface area contributed by atoms with Crippen molar-refractivity contribution in [3.05, 3.63) is 86.3 Å². The number of allylic oxidation sites excluding steroid dienone is 1. The van der Waals surface area contributed by atoms with Gasteiger partial charge in [-0.25, -0.2) is 4.39 Å². The van der Waals surface area contributed by atoms with E-state index in [1.165, 1.54) is 29.5 Å². The van der Waals surface area contributed by atoms with Crippen LogP contribution in [0.5, 0.6) is 11.5 Å². The van der Waals surface area contributed by atoms with Crippen molar-refractivity contribution in [3.63, 3.8) is 0 Å². The zero-order chi connectivity index (χ0) is 20.1. The van der Waals surface area contributed by atoms with Crippen LogP contribution in [0.1, 0.15) is 25.7 Å². The van der Waals surface area contributed by atoms with Crippen LogP contribution in [0.4, 0.5) is 4.39 Å². The first kappa shape index (κ1) is 20.1. The smallest absolute Gasteiger partial charge is 0.195 e. The predicted octanol–water partition coefficient (Wildman–Crippen LogP) is 6.33. The van der Waals surface area contributed by atoms with Gasteiger partial charge in [0.15, 0.2) is 5.78 Å². The molecule has 1 heterocycles. The lowest BCUT2D eigenvalue weighted by molar-refractivity contribution is 0.105. The third-order valence-corrected chi connectivity index (χ3v) is 5.30. The Morgan fingerprint density at radius 2 is 1.93 bits per heavy atom. The second-order valence-electron chi connectivity index (χ2n) is 6.04. The van der Waals surface area contributed by atoms with Crippen molar-refractivity contribution >= 4 is 34.8 Å². The number of carbonyl (C=O) groups is 1. The molecule has 0 saturated heterocycles. The lowest BCUT2D eigenvalue weighted by Crippen LogP contribution is -2.00. The molecule has 0 aliphatic carbocycles. The molecular formula is C22H18ClFO3S.